The van der Waals surface area contributed by atoms with Crippen molar-refractivity contribution in [2.24, 2.45) is 0 Å². The number of carbonyl (C=O) groups excluding carboxylic acids is 1. The highest BCUT2D eigenvalue weighted by Gasteiger charge is 2.17. The molecule has 0 unspecified atom stereocenters. The molecule has 0 radical (unpaired) electrons. The number of H-pyrrole nitrogens is 1. The normalized spacial score (nSPS) is 10.2. The SMILES string of the molecule is Cc1n[nH]c(C)c1C(=O)Nc1ccccc1C(=O)O. The Morgan fingerprint density at radius 1 is 1.26 bits per heavy atom. The molecule has 3 N–H and O–H groups in total. The molecular weight excluding hydrogens is 246 g/mol. The van der Waals surface area contributed by atoms with Crippen molar-refractivity contribution in [1.82, 2.24) is 10.2 Å². The number of amides is 1. The molecule has 1 aromatic carbocycles. The highest BCUT2D eigenvalue weighted by molar-refractivity contribution is 6.08. The van der Waals surface area contributed by atoms with Gasteiger partial charge in [-0.25, -0.2) is 4.79 Å². The molecule has 0 aliphatic heterocycles. The first-order chi connectivity index (χ1) is 9.00. The smallest absolute Gasteiger partial charge is 0.337 e. The first-order valence-electron chi connectivity index (χ1n) is 5.66. The summed E-state index contributed by atoms with van der Waals surface area (Å²) in [7, 11) is 0. The number of aromatic carboxylic acids is 1. The Morgan fingerprint density at radius 3 is 2.53 bits per heavy atom. The van der Waals surface area contributed by atoms with Gasteiger partial charge in [0.2, 0.25) is 0 Å². The molecule has 6 nitrogen and oxygen atoms in total. The van der Waals surface area contributed by atoms with Gasteiger partial charge >= 0.3 is 5.97 Å². The van der Waals surface area contributed by atoms with Gasteiger partial charge in [-0.2, -0.15) is 5.10 Å². The van der Waals surface area contributed by atoms with E-state index in [0.29, 0.717) is 17.0 Å². The number of anilines is 1. The standard InChI is InChI=1S/C13H13N3O3/c1-7-11(8(2)16-15-7)12(17)14-10-6-4-3-5-9(10)13(18)19/h3-6H,1-2H3,(H,14,17)(H,15,16)(H,18,19). The van der Waals surface area contributed by atoms with Gasteiger partial charge in [-0.3, -0.25) is 9.89 Å². The minimum absolute atomic E-state index is 0.0506. The fourth-order valence-electron chi connectivity index (χ4n) is 1.85. The summed E-state index contributed by atoms with van der Waals surface area (Å²) < 4.78 is 0. The van der Waals surface area contributed by atoms with Crippen LogP contribution >= 0.6 is 0 Å². The number of carboxylic acid groups (broad SMARTS) is 1. The molecular formula is C13H13N3O3. The van der Waals surface area contributed by atoms with Gasteiger partial charge in [0.05, 0.1) is 22.5 Å². The Labute approximate surface area is 109 Å². The summed E-state index contributed by atoms with van der Waals surface area (Å²) in [6, 6.07) is 6.25. The van der Waals surface area contributed by atoms with Crippen molar-refractivity contribution in [2.75, 3.05) is 5.32 Å². The van der Waals surface area contributed by atoms with Crippen LogP contribution in [0.15, 0.2) is 24.3 Å². The second-order valence-electron chi connectivity index (χ2n) is 4.11. The van der Waals surface area contributed by atoms with Crippen molar-refractivity contribution in [3.63, 3.8) is 0 Å². The summed E-state index contributed by atoms with van der Waals surface area (Å²) in [4.78, 5) is 23.2. The van der Waals surface area contributed by atoms with Crippen LogP contribution in [-0.2, 0) is 0 Å². The van der Waals surface area contributed by atoms with Crippen molar-refractivity contribution in [1.29, 1.82) is 0 Å². The lowest BCUT2D eigenvalue weighted by atomic mass is 10.1. The summed E-state index contributed by atoms with van der Waals surface area (Å²) in [5.74, 6) is -1.46. The fourth-order valence-corrected chi connectivity index (χ4v) is 1.85. The van der Waals surface area contributed by atoms with E-state index in [-0.39, 0.29) is 17.2 Å². The molecule has 1 heterocycles. The van der Waals surface area contributed by atoms with Crippen molar-refractivity contribution in [3.8, 4) is 0 Å². The van der Waals surface area contributed by atoms with E-state index < -0.39 is 5.97 Å². The van der Waals surface area contributed by atoms with E-state index in [0.717, 1.165) is 0 Å². The molecule has 0 aliphatic carbocycles. The van der Waals surface area contributed by atoms with Gasteiger partial charge in [-0.15, -0.1) is 0 Å². The molecule has 19 heavy (non-hydrogen) atoms. The monoisotopic (exact) mass is 259 g/mol. The highest BCUT2D eigenvalue weighted by atomic mass is 16.4. The van der Waals surface area contributed by atoms with Crippen molar-refractivity contribution >= 4 is 17.6 Å². The summed E-state index contributed by atoms with van der Waals surface area (Å²) in [5.41, 5.74) is 1.96. The Bertz CT molecular complexity index is 627. The number of hydrogen-bond acceptors (Lipinski definition) is 3. The Kier molecular flexibility index (Phi) is 3.33. The van der Waals surface area contributed by atoms with Crippen molar-refractivity contribution in [2.45, 2.75) is 13.8 Å². The van der Waals surface area contributed by atoms with Gasteiger partial charge in [-0.05, 0) is 26.0 Å². The number of para-hydroxylation sites is 1. The first kappa shape index (κ1) is 12.8. The van der Waals surface area contributed by atoms with Crippen LogP contribution in [0.25, 0.3) is 0 Å². The summed E-state index contributed by atoms with van der Waals surface area (Å²) in [6.07, 6.45) is 0. The third kappa shape index (κ3) is 2.47. The maximum absolute atomic E-state index is 12.1. The zero-order chi connectivity index (χ0) is 14.0. The molecule has 1 amide bonds. The average Bonchev–Trinajstić information content (AvgIpc) is 2.69. The van der Waals surface area contributed by atoms with E-state index >= 15 is 0 Å². The molecule has 0 bridgehead atoms. The number of hydrogen-bond donors (Lipinski definition) is 3. The molecule has 2 rings (SSSR count). The number of carbonyl (C=O) groups is 2. The summed E-state index contributed by atoms with van der Waals surface area (Å²) >= 11 is 0. The molecule has 6 heteroatoms. The van der Waals surface area contributed by atoms with E-state index in [4.69, 9.17) is 5.11 Å². The van der Waals surface area contributed by atoms with Crippen LogP contribution in [0.3, 0.4) is 0 Å². The number of aromatic nitrogens is 2. The van der Waals surface area contributed by atoms with Gasteiger partial charge in [0, 0.05) is 5.69 Å². The van der Waals surface area contributed by atoms with Gasteiger partial charge < -0.3 is 10.4 Å². The highest BCUT2D eigenvalue weighted by Crippen LogP contribution is 2.18. The molecule has 0 spiro atoms. The minimum Gasteiger partial charge on any atom is -0.478 e. The second kappa shape index (κ2) is 4.93. The van der Waals surface area contributed by atoms with Crippen LogP contribution in [0.5, 0.6) is 0 Å². The molecule has 98 valence electrons. The summed E-state index contributed by atoms with van der Waals surface area (Å²) in [5, 5.41) is 18.3. The van der Waals surface area contributed by atoms with Crippen LogP contribution in [-0.4, -0.2) is 27.2 Å². The molecule has 0 saturated carbocycles. The second-order valence-corrected chi connectivity index (χ2v) is 4.11. The predicted octanol–water partition coefficient (Wildman–Crippen LogP) is 1.98. The van der Waals surface area contributed by atoms with Crippen LogP contribution in [0.1, 0.15) is 32.1 Å². The third-order valence-corrected chi connectivity index (χ3v) is 2.76. The van der Waals surface area contributed by atoms with Gasteiger partial charge in [0.25, 0.3) is 5.91 Å². The van der Waals surface area contributed by atoms with E-state index in [1.807, 2.05) is 0 Å². The number of rotatable bonds is 3. The molecule has 1 aromatic heterocycles. The Morgan fingerprint density at radius 2 is 1.95 bits per heavy atom. The molecule has 0 saturated heterocycles. The van der Waals surface area contributed by atoms with Gasteiger partial charge in [0.1, 0.15) is 0 Å². The average molecular weight is 259 g/mol. The van der Waals surface area contributed by atoms with Crippen molar-refractivity contribution in [3.05, 3.63) is 46.8 Å². The third-order valence-electron chi connectivity index (χ3n) is 2.76. The zero-order valence-corrected chi connectivity index (χ0v) is 10.5. The zero-order valence-electron chi connectivity index (χ0n) is 10.5. The molecule has 0 fully saturated rings. The lowest BCUT2D eigenvalue weighted by Crippen LogP contribution is -2.16. The molecule has 2 aromatic rings. The van der Waals surface area contributed by atoms with Crippen LogP contribution < -0.4 is 5.32 Å². The number of nitrogens with zero attached hydrogens (tertiary/aromatic N) is 1. The van der Waals surface area contributed by atoms with Crippen LogP contribution in [0.2, 0.25) is 0 Å². The number of aryl methyl sites for hydroxylation is 2. The largest absolute Gasteiger partial charge is 0.478 e. The van der Waals surface area contributed by atoms with Gasteiger partial charge in [-0.1, -0.05) is 12.1 Å². The number of benzene rings is 1. The number of nitrogens with one attached hydrogen (secondary N) is 2. The molecule has 0 atom stereocenters. The fraction of sp³-hybridized carbons (Fsp3) is 0.154. The topological polar surface area (TPSA) is 95.1 Å². The van der Waals surface area contributed by atoms with Crippen LogP contribution in [0.4, 0.5) is 5.69 Å². The molecule has 0 aliphatic rings. The maximum atomic E-state index is 12.1. The number of aromatic amines is 1. The minimum atomic E-state index is -1.09. The van der Waals surface area contributed by atoms with Crippen molar-refractivity contribution < 1.29 is 14.7 Å². The maximum Gasteiger partial charge on any atom is 0.337 e. The first-order valence-corrected chi connectivity index (χ1v) is 5.66. The van der Waals surface area contributed by atoms with E-state index in [1.54, 1.807) is 32.0 Å². The number of carboxylic acids is 1. The van der Waals surface area contributed by atoms with E-state index in [1.165, 1.54) is 6.07 Å². The lowest BCUT2D eigenvalue weighted by molar-refractivity contribution is 0.0698. The Hall–Kier alpha value is -2.63. The van der Waals surface area contributed by atoms with Gasteiger partial charge in [0.15, 0.2) is 0 Å². The van der Waals surface area contributed by atoms with E-state index in [2.05, 4.69) is 15.5 Å². The summed E-state index contributed by atoms with van der Waals surface area (Å²) in [6.45, 7) is 3.44. The Balaban J connectivity index is 2.32. The predicted molar refractivity (Wildman–Crippen MR) is 69.4 cm³/mol. The quantitative estimate of drug-likeness (QED) is 0.785. The van der Waals surface area contributed by atoms with Crippen LogP contribution in [0, 0.1) is 13.8 Å². The van der Waals surface area contributed by atoms with E-state index in [9.17, 15) is 9.59 Å². The lowest BCUT2D eigenvalue weighted by Gasteiger charge is -2.08.